The third-order valence-electron chi connectivity index (χ3n) is 3.27. The molecule has 1 fully saturated rings. The van der Waals surface area contributed by atoms with Crippen molar-refractivity contribution < 1.29 is 9.59 Å². The van der Waals surface area contributed by atoms with Gasteiger partial charge in [0.05, 0.1) is 0 Å². The Bertz CT molecular complexity index is 395. The zero-order valence-corrected chi connectivity index (χ0v) is 16.7. The summed E-state index contributed by atoms with van der Waals surface area (Å²) in [6.45, 7) is 8.85. The Morgan fingerprint density at radius 2 is 1.83 bits per heavy atom. The van der Waals surface area contributed by atoms with E-state index in [0.717, 1.165) is 25.9 Å². The van der Waals surface area contributed by atoms with Gasteiger partial charge in [-0.3, -0.25) is 9.59 Å². The molecule has 0 aromatic carbocycles. The minimum atomic E-state index is 0. The van der Waals surface area contributed by atoms with Gasteiger partial charge in [0, 0.05) is 38.6 Å². The lowest BCUT2D eigenvalue weighted by molar-refractivity contribution is -0.128. The van der Waals surface area contributed by atoms with E-state index in [0.29, 0.717) is 25.5 Å². The molecule has 0 aromatic rings. The summed E-state index contributed by atoms with van der Waals surface area (Å²) < 4.78 is 0. The van der Waals surface area contributed by atoms with Crippen LogP contribution < -0.4 is 16.0 Å². The molecule has 0 unspecified atom stereocenters. The van der Waals surface area contributed by atoms with Crippen LogP contribution in [0.3, 0.4) is 0 Å². The Hall–Kier alpha value is -1.06. The van der Waals surface area contributed by atoms with Gasteiger partial charge in [-0.1, -0.05) is 0 Å². The van der Waals surface area contributed by atoms with Gasteiger partial charge in [-0.25, -0.2) is 4.99 Å². The van der Waals surface area contributed by atoms with Crippen molar-refractivity contribution in [3.05, 3.63) is 0 Å². The Morgan fingerprint density at radius 1 is 1.17 bits per heavy atom. The molecule has 23 heavy (non-hydrogen) atoms. The number of aliphatic imine (C=N–C) groups is 1. The van der Waals surface area contributed by atoms with Crippen molar-refractivity contribution in [3.63, 3.8) is 0 Å². The number of nitrogens with zero attached hydrogens (tertiary/aromatic N) is 2. The van der Waals surface area contributed by atoms with E-state index in [1.165, 1.54) is 0 Å². The van der Waals surface area contributed by atoms with Gasteiger partial charge in [0.15, 0.2) is 5.96 Å². The maximum Gasteiger partial charge on any atom is 0.244 e. The summed E-state index contributed by atoms with van der Waals surface area (Å²) in [4.78, 5) is 29.7. The van der Waals surface area contributed by atoms with Crippen molar-refractivity contribution in [2.75, 3.05) is 32.7 Å². The molecule has 1 rings (SSSR count). The Labute approximate surface area is 156 Å². The van der Waals surface area contributed by atoms with E-state index in [-0.39, 0.29) is 48.4 Å². The molecule has 3 N–H and O–H groups in total. The van der Waals surface area contributed by atoms with Gasteiger partial charge < -0.3 is 20.9 Å². The fraction of sp³-hybridized carbons (Fsp3) is 0.800. The minimum absolute atomic E-state index is 0. The number of guanidine groups is 1. The van der Waals surface area contributed by atoms with Crippen molar-refractivity contribution in [3.8, 4) is 0 Å². The molecule has 0 bridgehead atoms. The molecule has 0 spiro atoms. The van der Waals surface area contributed by atoms with E-state index in [1.807, 2.05) is 25.7 Å². The second kappa shape index (κ2) is 12.4. The predicted molar refractivity (Wildman–Crippen MR) is 103 cm³/mol. The second-order valence-corrected chi connectivity index (χ2v) is 5.68. The fourth-order valence-electron chi connectivity index (χ4n) is 2.24. The van der Waals surface area contributed by atoms with E-state index in [4.69, 9.17) is 0 Å². The number of amides is 2. The summed E-state index contributed by atoms with van der Waals surface area (Å²) in [6, 6.07) is 0.146. The van der Waals surface area contributed by atoms with Crippen molar-refractivity contribution in [1.29, 1.82) is 0 Å². The minimum Gasteiger partial charge on any atom is -0.357 e. The normalized spacial score (nSPS) is 14.4. The number of hydrogen-bond donors (Lipinski definition) is 3. The quantitative estimate of drug-likeness (QED) is 0.310. The van der Waals surface area contributed by atoms with Crippen LogP contribution in [-0.2, 0) is 9.59 Å². The zero-order valence-electron chi connectivity index (χ0n) is 14.4. The summed E-state index contributed by atoms with van der Waals surface area (Å²) in [5.74, 6) is 0.645. The van der Waals surface area contributed by atoms with Crippen molar-refractivity contribution in [1.82, 2.24) is 20.9 Å². The number of carbonyl (C=O) groups is 2. The van der Waals surface area contributed by atoms with Crippen LogP contribution in [0.15, 0.2) is 4.99 Å². The van der Waals surface area contributed by atoms with Crippen LogP contribution in [0.2, 0.25) is 0 Å². The molecule has 1 aliphatic heterocycles. The summed E-state index contributed by atoms with van der Waals surface area (Å²) in [7, 11) is 0. The number of carbonyl (C=O) groups excluding carboxylic acids is 2. The molecule has 1 heterocycles. The van der Waals surface area contributed by atoms with Crippen LogP contribution in [-0.4, -0.2) is 61.4 Å². The van der Waals surface area contributed by atoms with Gasteiger partial charge in [-0.2, -0.15) is 0 Å². The largest absolute Gasteiger partial charge is 0.357 e. The topological polar surface area (TPSA) is 85.8 Å². The average Bonchev–Trinajstić information content (AvgIpc) is 2.97. The molecular weight excluding hydrogens is 409 g/mol. The number of rotatable bonds is 7. The van der Waals surface area contributed by atoms with Crippen LogP contribution >= 0.6 is 24.0 Å². The molecule has 0 aromatic heterocycles. The molecule has 1 saturated heterocycles. The summed E-state index contributed by atoms with van der Waals surface area (Å²) in [6.07, 6.45) is 2.54. The number of hydrogen-bond acceptors (Lipinski definition) is 3. The first kappa shape index (κ1) is 21.9. The summed E-state index contributed by atoms with van der Waals surface area (Å²) in [5.41, 5.74) is 0. The van der Waals surface area contributed by atoms with Crippen LogP contribution in [0.5, 0.6) is 0 Å². The van der Waals surface area contributed by atoms with Gasteiger partial charge in [0.25, 0.3) is 0 Å². The second-order valence-electron chi connectivity index (χ2n) is 5.68. The molecule has 0 radical (unpaired) electrons. The zero-order chi connectivity index (χ0) is 16.4. The molecule has 134 valence electrons. The van der Waals surface area contributed by atoms with E-state index in [1.54, 1.807) is 0 Å². The first-order valence-corrected chi connectivity index (χ1v) is 8.12. The molecule has 2 amide bonds. The van der Waals surface area contributed by atoms with Gasteiger partial charge in [-0.15, -0.1) is 24.0 Å². The Balaban J connectivity index is 0.00000484. The van der Waals surface area contributed by atoms with Crippen molar-refractivity contribution in [2.24, 2.45) is 4.99 Å². The van der Waals surface area contributed by atoms with Crippen LogP contribution in [0.4, 0.5) is 0 Å². The highest BCUT2D eigenvalue weighted by atomic mass is 127. The van der Waals surface area contributed by atoms with Crippen molar-refractivity contribution >= 4 is 41.8 Å². The predicted octanol–water partition coefficient (Wildman–Crippen LogP) is 0.697. The van der Waals surface area contributed by atoms with Gasteiger partial charge >= 0.3 is 0 Å². The van der Waals surface area contributed by atoms with E-state index in [9.17, 15) is 9.59 Å². The first-order valence-electron chi connectivity index (χ1n) is 8.12. The number of likely N-dealkylation sites (tertiary alicyclic amines) is 1. The lowest BCUT2D eigenvalue weighted by atomic mass is 10.3. The third-order valence-corrected chi connectivity index (χ3v) is 3.27. The molecular formula is C15H30IN5O2. The molecule has 7 nitrogen and oxygen atoms in total. The van der Waals surface area contributed by atoms with E-state index >= 15 is 0 Å². The molecule has 0 aliphatic carbocycles. The average molecular weight is 439 g/mol. The molecule has 8 heteroatoms. The molecule has 1 aliphatic rings. The third kappa shape index (κ3) is 9.62. The maximum absolute atomic E-state index is 12.0. The Morgan fingerprint density at radius 3 is 2.39 bits per heavy atom. The first-order chi connectivity index (χ1) is 10.5. The van der Waals surface area contributed by atoms with Crippen LogP contribution in [0.25, 0.3) is 0 Å². The SMILES string of the molecule is CCNC(=NCC(=O)N1CCCC1)NCCC(=O)NC(C)C.I. The van der Waals surface area contributed by atoms with Gasteiger partial charge in [-0.05, 0) is 33.6 Å². The highest BCUT2D eigenvalue weighted by molar-refractivity contribution is 14.0. The number of halogens is 1. The van der Waals surface area contributed by atoms with Gasteiger partial charge in [0.2, 0.25) is 11.8 Å². The van der Waals surface area contributed by atoms with E-state index < -0.39 is 0 Å². The highest BCUT2D eigenvalue weighted by Gasteiger charge is 2.17. The van der Waals surface area contributed by atoms with E-state index in [2.05, 4.69) is 20.9 Å². The maximum atomic E-state index is 12.0. The standard InChI is InChI=1S/C15H29N5O2.HI/c1-4-16-15(17-8-7-13(21)19-12(2)3)18-11-14(22)20-9-5-6-10-20;/h12H,4-11H2,1-3H3,(H,19,21)(H2,16,17,18);1H. The van der Waals surface area contributed by atoms with Crippen molar-refractivity contribution in [2.45, 2.75) is 46.1 Å². The van der Waals surface area contributed by atoms with Crippen LogP contribution in [0.1, 0.15) is 40.0 Å². The summed E-state index contributed by atoms with van der Waals surface area (Å²) in [5, 5.41) is 8.99. The summed E-state index contributed by atoms with van der Waals surface area (Å²) >= 11 is 0. The molecule has 0 atom stereocenters. The van der Waals surface area contributed by atoms with Crippen LogP contribution in [0, 0.1) is 0 Å². The Kier molecular flexibility index (Phi) is 11.8. The van der Waals surface area contributed by atoms with Gasteiger partial charge in [0.1, 0.15) is 6.54 Å². The fourth-order valence-corrected chi connectivity index (χ4v) is 2.24. The lowest BCUT2D eigenvalue weighted by Gasteiger charge is -2.15. The monoisotopic (exact) mass is 439 g/mol. The smallest absolute Gasteiger partial charge is 0.244 e. The molecule has 0 saturated carbocycles. The number of nitrogens with one attached hydrogen (secondary N) is 3. The highest BCUT2D eigenvalue weighted by Crippen LogP contribution is 2.07. The lowest BCUT2D eigenvalue weighted by Crippen LogP contribution is -2.41.